The molecule has 1 fully saturated rings. The third-order valence-electron chi connectivity index (χ3n) is 3.21. The van der Waals surface area contributed by atoms with E-state index in [4.69, 9.17) is 0 Å². The van der Waals surface area contributed by atoms with Crippen molar-refractivity contribution >= 4 is 10.0 Å². The fraction of sp³-hybridized carbons (Fsp3) is 0.538. The number of sulfonamides is 1. The van der Waals surface area contributed by atoms with Crippen LogP contribution in [0.1, 0.15) is 30.4 Å². The molecule has 0 heterocycles. The Bertz CT molecular complexity index is 478. The lowest BCUT2D eigenvalue weighted by Crippen LogP contribution is -2.39. The molecule has 1 aromatic carbocycles. The Kier molecular flexibility index (Phi) is 4.37. The van der Waals surface area contributed by atoms with E-state index in [1.54, 1.807) is 0 Å². The molecule has 0 atom stereocenters. The van der Waals surface area contributed by atoms with Crippen molar-refractivity contribution in [3.05, 3.63) is 35.4 Å². The van der Waals surface area contributed by atoms with Crippen molar-refractivity contribution in [2.75, 3.05) is 7.05 Å². The lowest BCUT2D eigenvalue weighted by molar-refractivity contribution is 0.383. The first kappa shape index (κ1) is 13.5. The molecule has 0 radical (unpaired) electrons. The molecule has 4 nitrogen and oxygen atoms in total. The first-order valence-electron chi connectivity index (χ1n) is 6.31. The van der Waals surface area contributed by atoms with Crippen LogP contribution in [-0.2, 0) is 22.3 Å². The van der Waals surface area contributed by atoms with E-state index in [0.717, 1.165) is 36.9 Å². The molecule has 0 amide bonds. The highest BCUT2D eigenvalue weighted by atomic mass is 32.2. The second-order valence-electron chi connectivity index (χ2n) is 4.85. The van der Waals surface area contributed by atoms with E-state index in [1.165, 1.54) is 0 Å². The Morgan fingerprint density at radius 2 is 1.78 bits per heavy atom. The highest BCUT2D eigenvalue weighted by Crippen LogP contribution is 2.19. The number of nitrogens with one attached hydrogen (secondary N) is 2. The summed E-state index contributed by atoms with van der Waals surface area (Å²) in [4.78, 5) is 0. The van der Waals surface area contributed by atoms with Gasteiger partial charge in [0.15, 0.2) is 0 Å². The van der Waals surface area contributed by atoms with E-state index in [-0.39, 0.29) is 11.8 Å². The zero-order chi connectivity index (χ0) is 13.0. The highest BCUT2D eigenvalue weighted by Gasteiger charge is 2.23. The van der Waals surface area contributed by atoms with Crippen LogP contribution < -0.4 is 10.0 Å². The molecule has 2 N–H and O–H groups in total. The SMILES string of the molecule is CNCc1ccc(CS(=O)(=O)NC2CCC2)cc1. The van der Waals surface area contributed by atoms with Gasteiger partial charge >= 0.3 is 0 Å². The van der Waals surface area contributed by atoms with Crippen LogP contribution in [0.15, 0.2) is 24.3 Å². The van der Waals surface area contributed by atoms with Gasteiger partial charge in [-0.15, -0.1) is 0 Å². The molecule has 0 aliphatic heterocycles. The Labute approximate surface area is 109 Å². The molecular weight excluding hydrogens is 248 g/mol. The van der Waals surface area contributed by atoms with Crippen molar-refractivity contribution in [1.29, 1.82) is 0 Å². The van der Waals surface area contributed by atoms with Crippen LogP contribution in [0.2, 0.25) is 0 Å². The van der Waals surface area contributed by atoms with Gasteiger partial charge in [-0.25, -0.2) is 13.1 Å². The molecule has 0 aromatic heterocycles. The third-order valence-corrected chi connectivity index (χ3v) is 4.62. The lowest BCUT2D eigenvalue weighted by atomic mass is 9.94. The zero-order valence-corrected chi connectivity index (χ0v) is 11.5. The summed E-state index contributed by atoms with van der Waals surface area (Å²) in [5, 5.41) is 3.06. The van der Waals surface area contributed by atoms with Gasteiger partial charge in [-0.1, -0.05) is 30.7 Å². The molecule has 1 aliphatic carbocycles. The van der Waals surface area contributed by atoms with Gasteiger partial charge in [-0.3, -0.25) is 0 Å². The smallest absolute Gasteiger partial charge is 0.216 e. The average molecular weight is 268 g/mol. The quantitative estimate of drug-likeness (QED) is 0.819. The molecule has 1 saturated carbocycles. The molecule has 0 bridgehead atoms. The van der Waals surface area contributed by atoms with Crippen LogP contribution in [-0.4, -0.2) is 21.5 Å². The van der Waals surface area contributed by atoms with E-state index in [1.807, 2.05) is 31.3 Å². The Hall–Kier alpha value is -0.910. The van der Waals surface area contributed by atoms with E-state index in [2.05, 4.69) is 10.0 Å². The number of benzene rings is 1. The fourth-order valence-corrected chi connectivity index (χ4v) is 3.46. The minimum Gasteiger partial charge on any atom is -0.316 e. The maximum Gasteiger partial charge on any atom is 0.216 e. The summed E-state index contributed by atoms with van der Waals surface area (Å²) in [5.74, 6) is 0.0728. The summed E-state index contributed by atoms with van der Waals surface area (Å²) in [6.07, 6.45) is 3.08. The summed E-state index contributed by atoms with van der Waals surface area (Å²) in [7, 11) is -1.30. The van der Waals surface area contributed by atoms with E-state index in [9.17, 15) is 8.42 Å². The van der Waals surface area contributed by atoms with Gasteiger partial charge in [0.2, 0.25) is 10.0 Å². The summed E-state index contributed by atoms with van der Waals surface area (Å²) in [5.41, 5.74) is 1.99. The zero-order valence-electron chi connectivity index (χ0n) is 10.6. The maximum absolute atomic E-state index is 11.9. The highest BCUT2D eigenvalue weighted by molar-refractivity contribution is 7.88. The molecule has 5 heteroatoms. The van der Waals surface area contributed by atoms with Gasteiger partial charge in [-0.2, -0.15) is 0 Å². The van der Waals surface area contributed by atoms with Crippen molar-refractivity contribution < 1.29 is 8.42 Å². The van der Waals surface area contributed by atoms with Gasteiger partial charge in [0.05, 0.1) is 5.75 Å². The molecular formula is C13H20N2O2S. The summed E-state index contributed by atoms with van der Waals surface area (Å²) in [6, 6.07) is 7.85. The van der Waals surface area contributed by atoms with E-state index >= 15 is 0 Å². The first-order chi connectivity index (χ1) is 8.59. The van der Waals surface area contributed by atoms with Crippen molar-refractivity contribution in [3.63, 3.8) is 0 Å². The fourth-order valence-electron chi connectivity index (χ4n) is 2.00. The number of rotatable bonds is 6. The molecule has 1 aliphatic rings. The second-order valence-corrected chi connectivity index (χ2v) is 6.61. The maximum atomic E-state index is 11.9. The predicted molar refractivity (Wildman–Crippen MR) is 72.6 cm³/mol. The van der Waals surface area contributed by atoms with Gasteiger partial charge in [0, 0.05) is 12.6 Å². The number of hydrogen-bond acceptors (Lipinski definition) is 3. The summed E-state index contributed by atoms with van der Waals surface area (Å²) < 4.78 is 26.5. The predicted octanol–water partition coefficient (Wildman–Crippen LogP) is 1.38. The van der Waals surface area contributed by atoms with E-state index < -0.39 is 10.0 Å². The Balaban J connectivity index is 1.95. The van der Waals surface area contributed by atoms with Gasteiger partial charge < -0.3 is 5.32 Å². The molecule has 100 valence electrons. The van der Waals surface area contributed by atoms with Crippen molar-refractivity contribution in [2.45, 2.75) is 37.6 Å². The van der Waals surface area contributed by atoms with Crippen LogP contribution in [0.3, 0.4) is 0 Å². The molecule has 0 spiro atoms. The van der Waals surface area contributed by atoms with E-state index in [0.29, 0.717) is 0 Å². The van der Waals surface area contributed by atoms with Crippen molar-refractivity contribution in [1.82, 2.24) is 10.0 Å². The minimum absolute atomic E-state index is 0.0728. The van der Waals surface area contributed by atoms with Crippen LogP contribution >= 0.6 is 0 Å². The van der Waals surface area contributed by atoms with Crippen LogP contribution in [0, 0.1) is 0 Å². The van der Waals surface area contributed by atoms with Crippen LogP contribution in [0.4, 0.5) is 0 Å². The largest absolute Gasteiger partial charge is 0.316 e. The van der Waals surface area contributed by atoms with Gasteiger partial charge in [-0.05, 0) is 31.0 Å². The Morgan fingerprint density at radius 3 is 2.28 bits per heavy atom. The third kappa shape index (κ3) is 3.80. The molecule has 0 unspecified atom stereocenters. The van der Waals surface area contributed by atoms with Gasteiger partial charge in [0.1, 0.15) is 0 Å². The lowest BCUT2D eigenvalue weighted by Gasteiger charge is -2.26. The normalized spacial score (nSPS) is 16.5. The molecule has 1 aromatic rings. The van der Waals surface area contributed by atoms with Crippen molar-refractivity contribution in [3.8, 4) is 0 Å². The summed E-state index contributed by atoms with van der Waals surface area (Å²) >= 11 is 0. The minimum atomic E-state index is -3.19. The molecule has 0 saturated heterocycles. The monoisotopic (exact) mass is 268 g/mol. The second kappa shape index (κ2) is 5.82. The summed E-state index contributed by atoms with van der Waals surface area (Å²) in [6.45, 7) is 0.799. The van der Waals surface area contributed by atoms with Crippen molar-refractivity contribution in [2.24, 2.45) is 0 Å². The first-order valence-corrected chi connectivity index (χ1v) is 7.97. The van der Waals surface area contributed by atoms with Crippen LogP contribution in [0.25, 0.3) is 0 Å². The molecule has 2 rings (SSSR count). The standard InChI is InChI=1S/C13H20N2O2S/c1-14-9-11-5-7-12(8-6-11)10-18(16,17)15-13-3-2-4-13/h5-8,13-15H,2-4,9-10H2,1H3. The topological polar surface area (TPSA) is 58.2 Å². The van der Waals surface area contributed by atoms with Gasteiger partial charge in [0.25, 0.3) is 0 Å². The average Bonchev–Trinajstić information content (AvgIpc) is 2.27. The number of hydrogen-bond donors (Lipinski definition) is 2. The molecule has 18 heavy (non-hydrogen) atoms. The van der Waals surface area contributed by atoms with Crippen LogP contribution in [0.5, 0.6) is 0 Å². The Morgan fingerprint density at radius 1 is 1.17 bits per heavy atom.